The van der Waals surface area contributed by atoms with Crippen LogP contribution >= 0.6 is 0 Å². The smallest absolute Gasteiger partial charge is 0.318 e. The standard InChI is InChI=1S/C21H23F2N3O2/c1-4-21(10-6-5-7-11-21)25-20(28)26(3)13(2)15-12-24-19(27)17-14(15)8-9-16(22)18(17)23/h5-10,12-13H,4,11H2,1-3H3,(H,24,27)(H,25,28)/t13?,21-/m1/s1. The lowest BCUT2D eigenvalue weighted by Gasteiger charge is -2.35. The van der Waals surface area contributed by atoms with E-state index in [1.807, 2.05) is 31.2 Å². The zero-order chi connectivity index (χ0) is 20.5. The summed E-state index contributed by atoms with van der Waals surface area (Å²) in [5.41, 5.74) is -0.642. The molecule has 1 aromatic carbocycles. The van der Waals surface area contributed by atoms with E-state index in [1.165, 1.54) is 17.2 Å². The van der Waals surface area contributed by atoms with E-state index >= 15 is 0 Å². The molecular formula is C21H23F2N3O2. The van der Waals surface area contributed by atoms with Crippen LogP contribution < -0.4 is 10.9 Å². The number of nitrogens with zero attached hydrogens (tertiary/aromatic N) is 1. The molecule has 2 atom stereocenters. The zero-order valence-electron chi connectivity index (χ0n) is 16.1. The molecule has 0 fully saturated rings. The third kappa shape index (κ3) is 3.44. The number of rotatable bonds is 4. The SMILES string of the molecule is CC[C@@]1(NC(=O)N(C)C(C)c2c[nH]c(=O)c3c(F)c(F)ccc23)C=CC=CC1. The van der Waals surface area contributed by atoms with Gasteiger partial charge in [-0.25, -0.2) is 13.6 Å². The Morgan fingerprint density at radius 2 is 2.11 bits per heavy atom. The number of benzene rings is 1. The molecule has 1 unspecified atom stereocenters. The monoisotopic (exact) mass is 387 g/mol. The number of fused-ring (bicyclic) bond motifs is 1. The number of allylic oxidation sites excluding steroid dienone is 2. The Morgan fingerprint density at radius 3 is 2.75 bits per heavy atom. The molecule has 28 heavy (non-hydrogen) atoms. The van der Waals surface area contributed by atoms with Gasteiger partial charge in [0, 0.05) is 13.2 Å². The highest BCUT2D eigenvalue weighted by atomic mass is 19.2. The molecule has 0 saturated heterocycles. The van der Waals surface area contributed by atoms with E-state index in [0.29, 0.717) is 12.0 Å². The molecule has 0 radical (unpaired) electrons. The average Bonchev–Trinajstić information content (AvgIpc) is 2.70. The number of carbonyl (C=O) groups excluding carboxylic acids is 1. The van der Waals surface area contributed by atoms with Crippen LogP contribution in [0.15, 0.2) is 47.4 Å². The minimum absolute atomic E-state index is 0.278. The summed E-state index contributed by atoms with van der Waals surface area (Å²) in [5.74, 6) is -2.28. The van der Waals surface area contributed by atoms with Crippen molar-refractivity contribution in [3.8, 4) is 0 Å². The van der Waals surface area contributed by atoms with Crippen molar-refractivity contribution in [2.24, 2.45) is 0 Å². The van der Waals surface area contributed by atoms with Gasteiger partial charge in [0.1, 0.15) is 0 Å². The summed E-state index contributed by atoms with van der Waals surface area (Å²) in [5, 5.41) is 2.99. The minimum Gasteiger partial charge on any atom is -0.329 e. The van der Waals surface area contributed by atoms with Crippen LogP contribution in [0.1, 0.15) is 38.3 Å². The fourth-order valence-corrected chi connectivity index (χ4v) is 3.45. The number of aromatic amines is 1. The number of carbonyl (C=O) groups is 1. The van der Waals surface area contributed by atoms with E-state index in [0.717, 1.165) is 12.5 Å². The topological polar surface area (TPSA) is 65.2 Å². The Labute approximate surface area is 161 Å². The first-order valence-corrected chi connectivity index (χ1v) is 9.18. The van der Waals surface area contributed by atoms with Crippen LogP contribution in [0.3, 0.4) is 0 Å². The first kappa shape index (κ1) is 19.8. The van der Waals surface area contributed by atoms with E-state index in [2.05, 4.69) is 10.3 Å². The van der Waals surface area contributed by atoms with E-state index in [9.17, 15) is 18.4 Å². The van der Waals surface area contributed by atoms with Gasteiger partial charge in [0.25, 0.3) is 5.56 Å². The highest BCUT2D eigenvalue weighted by Gasteiger charge is 2.30. The van der Waals surface area contributed by atoms with Crippen molar-refractivity contribution in [2.45, 2.75) is 38.3 Å². The molecule has 1 aliphatic carbocycles. The van der Waals surface area contributed by atoms with E-state index in [4.69, 9.17) is 0 Å². The van der Waals surface area contributed by atoms with Crippen LogP contribution in [0.2, 0.25) is 0 Å². The molecule has 148 valence electrons. The number of aromatic nitrogens is 1. The fourth-order valence-electron chi connectivity index (χ4n) is 3.45. The van der Waals surface area contributed by atoms with Crippen molar-refractivity contribution in [1.29, 1.82) is 0 Å². The number of amides is 2. The fraction of sp³-hybridized carbons (Fsp3) is 0.333. The summed E-state index contributed by atoms with van der Waals surface area (Å²) in [6, 6.07) is 1.57. The Kier molecular flexibility index (Phi) is 5.36. The second-order valence-corrected chi connectivity index (χ2v) is 7.08. The van der Waals surface area contributed by atoms with Crippen molar-refractivity contribution in [1.82, 2.24) is 15.2 Å². The molecule has 0 bridgehead atoms. The second kappa shape index (κ2) is 7.58. The Morgan fingerprint density at radius 1 is 1.36 bits per heavy atom. The number of hydrogen-bond acceptors (Lipinski definition) is 2. The number of nitrogens with one attached hydrogen (secondary N) is 2. The van der Waals surface area contributed by atoms with Gasteiger partial charge in [-0.05, 0) is 36.8 Å². The zero-order valence-corrected chi connectivity index (χ0v) is 16.1. The van der Waals surface area contributed by atoms with Crippen molar-refractivity contribution in [3.63, 3.8) is 0 Å². The normalized spacial score (nSPS) is 19.6. The summed E-state index contributed by atoms with van der Waals surface area (Å²) in [6.07, 6.45) is 10.7. The Balaban J connectivity index is 1.92. The highest BCUT2D eigenvalue weighted by Crippen LogP contribution is 2.28. The summed E-state index contributed by atoms with van der Waals surface area (Å²) in [4.78, 5) is 28.8. The number of urea groups is 1. The highest BCUT2D eigenvalue weighted by molar-refractivity contribution is 5.86. The maximum Gasteiger partial charge on any atom is 0.318 e. The molecule has 5 nitrogen and oxygen atoms in total. The molecule has 1 aromatic heterocycles. The minimum atomic E-state index is -1.19. The van der Waals surface area contributed by atoms with Crippen molar-refractivity contribution in [2.75, 3.05) is 7.05 Å². The van der Waals surface area contributed by atoms with Gasteiger partial charge in [0.15, 0.2) is 11.6 Å². The van der Waals surface area contributed by atoms with E-state index in [1.54, 1.807) is 14.0 Å². The van der Waals surface area contributed by atoms with Crippen molar-refractivity contribution in [3.05, 3.63) is 70.2 Å². The summed E-state index contributed by atoms with van der Waals surface area (Å²) < 4.78 is 27.7. The molecule has 0 aliphatic heterocycles. The van der Waals surface area contributed by atoms with Gasteiger partial charge in [0.2, 0.25) is 0 Å². The summed E-state index contributed by atoms with van der Waals surface area (Å²) in [6.45, 7) is 3.77. The number of halogens is 2. The molecule has 2 amide bonds. The number of hydrogen-bond donors (Lipinski definition) is 2. The Hall–Kier alpha value is -2.96. The third-order valence-electron chi connectivity index (χ3n) is 5.47. The molecule has 2 N–H and O–H groups in total. The van der Waals surface area contributed by atoms with Crippen LogP contribution in [0.25, 0.3) is 10.8 Å². The second-order valence-electron chi connectivity index (χ2n) is 7.08. The first-order chi connectivity index (χ1) is 13.3. The maximum atomic E-state index is 14.2. The molecule has 0 saturated carbocycles. The van der Waals surface area contributed by atoms with E-state index in [-0.39, 0.29) is 16.8 Å². The lowest BCUT2D eigenvalue weighted by molar-refractivity contribution is 0.184. The quantitative estimate of drug-likeness (QED) is 0.827. The number of H-pyrrole nitrogens is 1. The molecule has 2 aromatic rings. The number of pyridine rings is 1. The largest absolute Gasteiger partial charge is 0.329 e. The van der Waals surface area contributed by atoms with Gasteiger partial charge in [-0.15, -0.1) is 0 Å². The van der Waals surface area contributed by atoms with Gasteiger partial charge in [-0.3, -0.25) is 4.79 Å². The molecule has 7 heteroatoms. The predicted molar refractivity (Wildman–Crippen MR) is 105 cm³/mol. The van der Waals surface area contributed by atoms with Crippen LogP contribution in [-0.4, -0.2) is 28.5 Å². The maximum absolute atomic E-state index is 14.2. The first-order valence-electron chi connectivity index (χ1n) is 9.18. The summed E-state index contributed by atoms with van der Waals surface area (Å²) >= 11 is 0. The predicted octanol–water partition coefficient (Wildman–Crippen LogP) is 4.17. The third-order valence-corrected chi connectivity index (χ3v) is 5.47. The molecular weight excluding hydrogens is 364 g/mol. The van der Waals surface area contributed by atoms with Gasteiger partial charge in [-0.1, -0.05) is 37.3 Å². The van der Waals surface area contributed by atoms with Crippen LogP contribution in [0.4, 0.5) is 13.6 Å². The van der Waals surface area contributed by atoms with Crippen molar-refractivity contribution < 1.29 is 13.6 Å². The summed E-state index contributed by atoms with van der Waals surface area (Å²) in [7, 11) is 1.63. The van der Waals surface area contributed by atoms with Crippen LogP contribution in [-0.2, 0) is 0 Å². The van der Waals surface area contributed by atoms with Crippen molar-refractivity contribution >= 4 is 16.8 Å². The lowest BCUT2D eigenvalue weighted by atomic mass is 9.88. The molecule has 0 spiro atoms. The van der Waals surface area contributed by atoms with Gasteiger partial charge >= 0.3 is 6.03 Å². The van der Waals surface area contributed by atoms with Gasteiger partial charge < -0.3 is 15.2 Å². The molecule has 3 rings (SSSR count). The average molecular weight is 387 g/mol. The van der Waals surface area contributed by atoms with Crippen LogP contribution in [0.5, 0.6) is 0 Å². The molecule has 1 heterocycles. The Bertz CT molecular complexity index is 1030. The molecule has 1 aliphatic rings. The van der Waals surface area contributed by atoms with E-state index < -0.39 is 28.8 Å². The van der Waals surface area contributed by atoms with Gasteiger partial charge in [0.05, 0.1) is 17.0 Å². The van der Waals surface area contributed by atoms with Crippen LogP contribution in [0, 0.1) is 11.6 Å². The van der Waals surface area contributed by atoms with Gasteiger partial charge in [-0.2, -0.15) is 0 Å². The lowest BCUT2D eigenvalue weighted by Crippen LogP contribution is -2.51.